The van der Waals surface area contributed by atoms with E-state index in [0.717, 1.165) is 16.9 Å². The van der Waals surface area contributed by atoms with Gasteiger partial charge in [0.1, 0.15) is 0 Å². The van der Waals surface area contributed by atoms with Gasteiger partial charge in [-0.25, -0.2) is 4.79 Å². The minimum absolute atomic E-state index is 0.136. The third-order valence-corrected chi connectivity index (χ3v) is 3.24. The van der Waals surface area contributed by atoms with Crippen LogP contribution in [0.1, 0.15) is 29.8 Å². The van der Waals surface area contributed by atoms with Crippen LogP contribution in [0.5, 0.6) is 0 Å². The normalized spacial score (nSPS) is 11.8. The van der Waals surface area contributed by atoms with Crippen molar-refractivity contribution >= 4 is 11.7 Å². The van der Waals surface area contributed by atoms with Crippen molar-refractivity contribution in [3.63, 3.8) is 0 Å². The number of benzene rings is 1. The van der Waals surface area contributed by atoms with E-state index in [-0.39, 0.29) is 12.1 Å². The third kappa shape index (κ3) is 3.57. The van der Waals surface area contributed by atoms with Crippen LogP contribution in [0.3, 0.4) is 0 Å². The Morgan fingerprint density at radius 2 is 1.95 bits per heavy atom. The predicted octanol–water partition coefficient (Wildman–Crippen LogP) is 3.58. The lowest BCUT2D eigenvalue weighted by Gasteiger charge is -2.14. The number of nitrogens with one attached hydrogen (secondary N) is 2. The number of urea groups is 1. The molecule has 1 aromatic carbocycles. The Labute approximate surface area is 119 Å². The van der Waals surface area contributed by atoms with E-state index in [2.05, 4.69) is 15.6 Å². The van der Waals surface area contributed by atoms with Gasteiger partial charge in [0.2, 0.25) is 0 Å². The Kier molecular flexibility index (Phi) is 4.35. The molecule has 0 bridgehead atoms. The van der Waals surface area contributed by atoms with Crippen LogP contribution in [-0.2, 0) is 0 Å². The second kappa shape index (κ2) is 6.19. The molecule has 4 nitrogen and oxygen atoms in total. The van der Waals surface area contributed by atoms with Gasteiger partial charge in [0, 0.05) is 11.9 Å². The Morgan fingerprint density at radius 1 is 1.15 bits per heavy atom. The molecule has 1 aromatic heterocycles. The molecule has 0 aliphatic rings. The minimum Gasteiger partial charge on any atom is -0.330 e. The second-order valence-corrected chi connectivity index (χ2v) is 4.87. The van der Waals surface area contributed by atoms with Gasteiger partial charge in [0.25, 0.3) is 0 Å². The van der Waals surface area contributed by atoms with Gasteiger partial charge >= 0.3 is 6.03 Å². The summed E-state index contributed by atoms with van der Waals surface area (Å²) in [6.07, 6.45) is 1.72. The van der Waals surface area contributed by atoms with Crippen LogP contribution in [-0.4, -0.2) is 11.0 Å². The number of pyridine rings is 1. The maximum Gasteiger partial charge on any atom is 0.319 e. The molecule has 0 saturated heterocycles. The van der Waals surface area contributed by atoms with Crippen molar-refractivity contribution < 1.29 is 4.79 Å². The van der Waals surface area contributed by atoms with E-state index >= 15 is 0 Å². The van der Waals surface area contributed by atoms with Crippen LogP contribution in [0, 0.1) is 13.8 Å². The number of hydrogen-bond acceptors (Lipinski definition) is 2. The van der Waals surface area contributed by atoms with Gasteiger partial charge in [-0.1, -0.05) is 12.1 Å². The highest BCUT2D eigenvalue weighted by molar-refractivity contribution is 5.89. The largest absolute Gasteiger partial charge is 0.330 e. The lowest BCUT2D eigenvalue weighted by atomic mass is 10.1. The van der Waals surface area contributed by atoms with Gasteiger partial charge in [-0.05, 0) is 56.2 Å². The lowest BCUT2D eigenvalue weighted by molar-refractivity contribution is 0.249. The molecule has 0 radical (unpaired) electrons. The van der Waals surface area contributed by atoms with Gasteiger partial charge in [-0.15, -0.1) is 0 Å². The number of nitrogens with zero attached hydrogens (tertiary/aromatic N) is 1. The average Bonchev–Trinajstić information content (AvgIpc) is 2.44. The van der Waals surface area contributed by atoms with E-state index in [4.69, 9.17) is 0 Å². The zero-order valence-electron chi connectivity index (χ0n) is 12.0. The second-order valence-electron chi connectivity index (χ2n) is 4.87. The first-order valence-corrected chi connectivity index (χ1v) is 6.62. The molecular weight excluding hydrogens is 250 g/mol. The molecular formula is C16H19N3O. The topological polar surface area (TPSA) is 54.0 Å². The van der Waals surface area contributed by atoms with Gasteiger partial charge < -0.3 is 10.6 Å². The molecule has 20 heavy (non-hydrogen) atoms. The number of hydrogen-bond donors (Lipinski definition) is 2. The molecule has 4 heteroatoms. The van der Waals surface area contributed by atoms with Crippen LogP contribution in [0.2, 0.25) is 0 Å². The predicted molar refractivity (Wildman–Crippen MR) is 80.7 cm³/mol. The highest BCUT2D eigenvalue weighted by Gasteiger charge is 2.10. The summed E-state index contributed by atoms with van der Waals surface area (Å²) in [7, 11) is 0. The molecule has 0 aliphatic heterocycles. The minimum atomic E-state index is -0.230. The Morgan fingerprint density at radius 3 is 2.60 bits per heavy atom. The van der Waals surface area contributed by atoms with Crippen molar-refractivity contribution in [3.8, 4) is 0 Å². The standard InChI is InChI=1S/C16H19N3O/c1-11-7-8-14(10-12(11)2)19-16(20)18-13(3)15-6-4-5-9-17-15/h4-10,13H,1-3H3,(H2,18,19,20)/t13-/m1/s1. The van der Waals surface area contributed by atoms with E-state index in [1.54, 1.807) is 6.20 Å². The van der Waals surface area contributed by atoms with E-state index in [1.807, 2.05) is 57.2 Å². The quantitative estimate of drug-likeness (QED) is 0.894. The highest BCUT2D eigenvalue weighted by Crippen LogP contribution is 2.14. The van der Waals surface area contributed by atoms with Crippen molar-refractivity contribution in [3.05, 3.63) is 59.4 Å². The highest BCUT2D eigenvalue weighted by atomic mass is 16.2. The van der Waals surface area contributed by atoms with Crippen LogP contribution in [0.25, 0.3) is 0 Å². The van der Waals surface area contributed by atoms with E-state index in [0.29, 0.717) is 0 Å². The van der Waals surface area contributed by atoms with Gasteiger partial charge in [-0.3, -0.25) is 4.98 Å². The number of carbonyl (C=O) groups is 1. The maximum absolute atomic E-state index is 11.9. The number of amides is 2. The summed E-state index contributed by atoms with van der Waals surface area (Å²) >= 11 is 0. The Balaban J connectivity index is 1.97. The van der Waals surface area contributed by atoms with Crippen LogP contribution < -0.4 is 10.6 Å². The molecule has 2 N–H and O–H groups in total. The molecule has 0 spiro atoms. The van der Waals surface area contributed by atoms with Crippen molar-refractivity contribution in [1.82, 2.24) is 10.3 Å². The summed E-state index contributed by atoms with van der Waals surface area (Å²) in [6, 6.07) is 11.1. The molecule has 104 valence electrons. The molecule has 1 atom stereocenters. The fourth-order valence-electron chi connectivity index (χ4n) is 1.89. The third-order valence-electron chi connectivity index (χ3n) is 3.24. The van der Waals surface area contributed by atoms with Crippen molar-refractivity contribution in [2.24, 2.45) is 0 Å². The Bertz CT molecular complexity index is 596. The molecule has 2 amide bonds. The molecule has 0 unspecified atom stereocenters. The van der Waals surface area contributed by atoms with E-state index < -0.39 is 0 Å². The zero-order valence-corrected chi connectivity index (χ0v) is 12.0. The first kappa shape index (κ1) is 14.1. The van der Waals surface area contributed by atoms with Crippen LogP contribution in [0.4, 0.5) is 10.5 Å². The number of anilines is 1. The monoisotopic (exact) mass is 269 g/mol. The summed E-state index contributed by atoms with van der Waals surface area (Å²) in [6.45, 7) is 5.97. The first-order valence-electron chi connectivity index (χ1n) is 6.62. The van der Waals surface area contributed by atoms with Crippen molar-refractivity contribution in [1.29, 1.82) is 0 Å². The smallest absolute Gasteiger partial charge is 0.319 e. The maximum atomic E-state index is 11.9. The Hall–Kier alpha value is -2.36. The van der Waals surface area contributed by atoms with Crippen molar-refractivity contribution in [2.75, 3.05) is 5.32 Å². The van der Waals surface area contributed by atoms with Crippen molar-refractivity contribution in [2.45, 2.75) is 26.8 Å². The number of carbonyl (C=O) groups excluding carboxylic acids is 1. The van der Waals surface area contributed by atoms with E-state index in [1.165, 1.54) is 5.56 Å². The molecule has 0 aliphatic carbocycles. The number of aryl methyl sites for hydroxylation is 2. The van der Waals surface area contributed by atoms with Gasteiger partial charge in [0.15, 0.2) is 0 Å². The first-order chi connectivity index (χ1) is 9.56. The summed E-state index contributed by atoms with van der Waals surface area (Å²) < 4.78 is 0. The molecule has 2 aromatic rings. The average molecular weight is 269 g/mol. The van der Waals surface area contributed by atoms with Crippen LogP contribution in [0.15, 0.2) is 42.6 Å². The summed E-state index contributed by atoms with van der Waals surface area (Å²) in [4.78, 5) is 16.2. The van der Waals surface area contributed by atoms with Gasteiger partial charge in [-0.2, -0.15) is 0 Å². The molecule has 2 rings (SSSR count). The fourth-order valence-corrected chi connectivity index (χ4v) is 1.89. The SMILES string of the molecule is Cc1ccc(NC(=O)N[C@H](C)c2ccccn2)cc1C. The lowest BCUT2D eigenvalue weighted by Crippen LogP contribution is -2.31. The van der Waals surface area contributed by atoms with Crippen LogP contribution >= 0.6 is 0 Å². The molecule has 0 saturated carbocycles. The summed E-state index contributed by atoms with van der Waals surface area (Å²) in [5, 5.41) is 5.70. The number of aromatic nitrogens is 1. The summed E-state index contributed by atoms with van der Waals surface area (Å²) in [5.74, 6) is 0. The summed E-state index contributed by atoms with van der Waals surface area (Å²) in [5.41, 5.74) is 3.99. The molecule has 1 heterocycles. The number of rotatable bonds is 3. The zero-order chi connectivity index (χ0) is 14.5. The molecule has 0 fully saturated rings. The van der Waals surface area contributed by atoms with Gasteiger partial charge in [0.05, 0.1) is 11.7 Å². The fraction of sp³-hybridized carbons (Fsp3) is 0.250. The van der Waals surface area contributed by atoms with E-state index in [9.17, 15) is 4.79 Å².